The van der Waals surface area contributed by atoms with Crippen LogP contribution in [0.4, 0.5) is 13.2 Å². The molecule has 0 amide bonds. The third-order valence-corrected chi connectivity index (χ3v) is 4.86. The average Bonchev–Trinajstić information content (AvgIpc) is 2.36. The first kappa shape index (κ1) is 18.8. The Bertz CT molecular complexity index is 304. The molecular formula is C16H30F3NO. The highest BCUT2D eigenvalue weighted by atomic mass is 19.4. The fraction of sp³-hybridized carbons (Fsp3) is 1.00. The highest BCUT2D eigenvalue weighted by molar-refractivity contribution is 4.91. The van der Waals surface area contributed by atoms with E-state index in [1.807, 2.05) is 7.05 Å². The largest absolute Gasteiger partial charge is 0.411 e. The second kappa shape index (κ2) is 7.82. The molecule has 1 fully saturated rings. The molecule has 0 bridgehead atoms. The Labute approximate surface area is 126 Å². The lowest BCUT2D eigenvalue weighted by Gasteiger charge is -2.44. The number of nitrogens with one attached hydrogen (secondary N) is 1. The molecule has 0 aromatic heterocycles. The van der Waals surface area contributed by atoms with Crippen molar-refractivity contribution in [2.24, 2.45) is 17.3 Å². The van der Waals surface area contributed by atoms with E-state index in [0.717, 1.165) is 12.3 Å². The summed E-state index contributed by atoms with van der Waals surface area (Å²) >= 11 is 0. The second-order valence-electron chi connectivity index (χ2n) is 7.18. The van der Waals surface area contributed by atoms with Gasteiger partial charge in [-0.3, -0.25) is 0 Å². The fourth-order valence-electron chi connectivity index (χ4n) is 3.64. The van der Waals surface area contributed by atoms with Crippen LogP contribution in [0.2, 0.25) is 0 Å². The lowest BCUT2D eigenvalue weighted by Crippen LogP contribution is -2.45. The average molecular weight is 309 g/mol. The van der Waals surface area contributed by atoms with Crippen molar-refractivity contribution in [3.05, 3.63) is 0 Å². The number of rotatable bonds is 7. The van der Waals surface area contributed by atoms with Crippen LogP contribution in [-0.4, -0.2) is 32.5 Å². The van der Waals surface area contributed by atoms with Crippen LogP contribution in [-0.2, 0) is 4.74 Å². The quantitative estimate of drug-likeness (QED) is 0.704. The van der Waals surface area contributed by atoms with Crippen LogP contribution >= 0.6 is 0 Å². The van der Waals surface area contributed by atoms with Crippen LogP contribution in [0.3, 0.4) is 0 Å². The van der Waals surface area contributed by atoms with E-state index in [1.165, 1.54) is 19.3 Å². The van der Waals surface area contributed by atoms with Crippen LogP contribution in [0.5, 0.6) is 0 Å². The van der Waals surface area contributed by atoms with Gasteiger partial charge >= 0.3 is 6.18 Å². The molecule has 1 rings (SSSR count). The van der Waals surface area contributed by atoms with Gasteiger partial charge in [-0.15, -0.1) is 0 Å². The maximum atomic E-state index is 12.0. The number of hydrogen-bond acceptors (Lipinski definition) is 2. The number of halogens is 3. The maximum absolute atomic E-state index is 12.0. The third-order valence-electron chi connectivity index (χ3n) is 4.86. The number of ether oxygens (including phenoxy) is 1. The molecule has 0 aromatic carbocycles. The van der Waals surface area contributed by atoms with E-state index in [2.05, 4.69) is 26.1 Å². The monoisotopic (exact) mass is 309 g/mol. The Balaban J connectivity index is 2.38. The molecule has 0 aliphatic heterocycles. The molecule has 2 nitrogen and oxygen atoms in total. The minimum absolute atomic E-state index is 0.134. The summed E-state index contributed by atoms with van der Waals surface area (Å²) in [5.41, 5.74) is 0.134. The van der Waals surface area contributed by atoms with Gasteiger partial charge in [-0.05, 0) is 50.0 Å². The highest BCUT2D eigenvalue weighted by Gasteiger charge is 2.37. The molecule has 3 atom stereocenters. The molecule has 1 aliphatic carbocycles. The van der Waals surface area contributed by atoms with Crippen molar-refractivity contribution in [1.29, 1.82) is 0 Å². The molecule has 126 valence electrons. The normalized spacial score (nSPS) is 27.9. The van der Waals surface area contributed by atoms with Crippen molar-refractivity contribution in [2.75, 3.05) is 20.3 Å². The molecule has 0 heterocycles. The zero-order chi connectivity index (χ0) is 16.1. The lowest BCUT2D eigenvalue weighted by molar-refractivity contribution is -0.174. The molecule has 0 radical (unpaired) electrons. The van der Waals surface area contributed by atoms with Gasteiger partial charge < -0.3 is 10.1 Å². The van der Waals surface area contributed by atoms with Gasteiger partial charge in [-0.1, -0.05) is 27.2 Å². The zero-order valence-electron chi connectivity index (χ0n) is 13.7. The molecule has 1 aliphatic rings. The molecule has 0 aromatic rings. The van der Waals surface area contributed by atoms with Crippen molar-refractivity contribution >= 4 is 0 Å². The SMILES string of the molecule is CNC1CC(C)CCC1C(C)(C)CCCOCC(F)(F)F. The first-order valence-electron chi connectivity index (χ1n) is 7.97. The topological polar surface area (TPSA) is 21.3 Å². The summed E-state index contributed by atoms with van der Waals surface area (Å²) in [6.45, 7) is 5.83. The van der Waals surface area contributed by atoms with Crippen LogP contribution in [0.15, 0.2) is 0 Å². The van der Waals surface area contributed by atoms with Gasteiger partial charge in [-0.2, -0.15) is 13.2 Å². The summed E-state index contributed by atoms with van der Waals surface area (Å²) < 4.78 is 40.7. The van der Waals surface area contributed by atoms with Crippen LogP contribution in [0.25, 0.3) is 0 Å². The lowest BCUT2D eigenvalue weighted by atomic mass is 9.65. The smallest absolute Gasteiger partial charge is 0.372 e. The van der Waals surface area contributed by atoms with E-state index in [-0.39, 0.29) is 12.0 Å². The third kappa shape index (κ3) is 6.55. The summed E-state index contributed by atoms with van der Waals surface area (Å²) in [6.07, 6.45) is 1.01. The Hall–Kier alpha value is -0.290. The van der Waals surface area contributed by atoms with Crippen molar-refractivity contribution in [1.82, 2.24) is 5.32 Å². The molecule has 0 saturated heterocycles. The highest BCUT2D eigenvalue weighted by Crippen LogP contribution is 2.42. The molecule has 1 N–H and O–H groups in total. The van der Waals surface area contributed by atoms with Crippen LogP contribution in [0, 0.1) is 17.3 Å². The Morgan fingerprint density at radius 2 is 1.86 bits per heavy atom. The molecule has 0 spiro atoms. The molecule has 3 unspecified atom stereocenters. The maximum Gasteiger partial charge on any atom is 0.411 e. The standard InChI is InChI=1S/C16H30F3NO/c1-12-6-7-13(14(10-12)20-4)15(2,3)8-5-9-21-11-16(17,18)19/h12-14,20H,5-11H2,1-4H3. The van der Waals surface area contributed by atoms with E-state index in [4.69, 9.17) is 4.74 Å². The van der Waals surface area contributed by atoms with E-state index in [1.54, 1.807) is 0 Å². The molecule has 5 heteroatoms. The van der Waals surface area contributed by atoms with Gasteiger partial charge in [0.15, 0.2) is 0 Å². The minimum Gasteiger partial charge on any atom is -0.372 e. The van der Waals surface area contributed by atoms with E-state index >= 15 is 0 Å². The minimum atomic E-state index is -4.22. The van der Waals surface area contributed by atoms with Crippen molar-refractivity contribution in [3.8, 4) is 0 Å². The van der Waals surface area contributed by atoms with Crippen molar-refractivity contribution in [2.45, 2.75) is 65.1 Å². The zero-order valence-corrected chi connectivity index (χ0v) is 13.7. The van der Waals surface area contributed by atoms with Crippen LogP contribution in [0.1, 0.15) is 52.9 Å². The first-order valence-corrected chi connectivity index (χ1v) is 7.97. The predicted octanol–water partition coefficient (Wildman–Crippen LogP) is 4.40. The Kier molecular flexibility index (Phi) is 6.98. The van der Waals surface area contributed by atoms with Gasteiger partial charge in [0.1, 0.15) is 6.61 Å². The van der Waals surface area contributed by atoms with Gasteiger partial charge in [0.05, 0.1) is 0 Å². The van der Waals surface area contributed by atoms with Crippen LogP contribution < -0.4 is 5.32 Å². The molecule has 1 saturated carbocycles. The summed E-state index contributed by atoms with van der Waals surface area (Å²) in [4.78, 5) is 0. The van der Waals surface area contributed by atoms with Gasteiger partial charge in [-0.25, -0.2) is 0 Å². The van der Waals surface area contributed by atoms with E-state index in [9.17, 15) is 13.2 Å². The summed E-state index contributed by atoms with van der Waals surface area (Å²) in [5, 5.41) is 3.43. The van der Waals surface area contributed by atoms with Gasteiger partial charge in [0.25, 0.3) is 0 Å². The number of hydrogen-bond donors (Lipinski definition) is 1. The fourth-order valence-corrected chi connectivity index (χ4v) is 3.64. The predicted molar refractivity (Wildman–Crippen MR) is 79.2 cm³/mol. The summed E-state index contributed by atoms with van der Waals surface area (Å²) in [5.74, 6) is 1.34. The van der Waals surface area contributed by atoms with E-state index in [0.29, 0.717) is 18.4 Å². The Morgan fingerprint density at radius 1 is 1.19 bits per heavy atom. The first-order chi connectivity index (χ1) is 9.65. The second-order valence-corrected chi connectivity index (χ2v) is 7.18. The Morgan fingerprint density at radius 3 is 2.43 bits per heavy atom. The van der Waals surface area contributed by atoms with E-state index < -0.39 is 12.8 Å². The van der Waals surface area contributed by atoms with Crippen molar-refractivity contribution in [3.63, 3.8) is 0 Å². The summed E-state index contributed by atoms with van der Waals surface area (Å²) in [7, 11) is 2.01. The van der Waals surface area contributed by atoms with Gasteiger partial charge in [0.2, 0.25) is 0 Å². The van der Waals surface area contributed by atoms with Gasteiger partial charge in [0, 0.05) is 12.6 Å². The molecular weight excluding hydrogens is 279 g/mol. The van der Waals surface area contributed by atoms with Crippen molar-refractivity contribution < 1.29 is 17.9 Å². The molecule has 21 heavy (non-hydrogen) atoms. The summed E-state index contributed by atoms with van der Waals surface area (Å²) in [6, 6.07) is 0.514. The number of alkyl halides is 3.